The van der Waals surface area contributed by atoms with Gasteiger partial charge in [-0.1, -0.05) is 0 Å². The van der Waals surface area contributed by atoms with Gasteiger partial charge in [0, 0.05) is 6.92 Å². The smallest absolute Gasteiger partial charge is 0.303 e. The minimum atomic E-state index is -2.26. The van der Waals surface area contributed by atoms with Gasteiger partial charge < -0.3 is 54.7 Å². The summed E-state index contributed by atoms with van der Waals surface area (Å²) < 4.78 is 20.7. The van der Waals surface area contributed by atoms with Gasteiger partial charge in [0.2, 0.25) is 5.79 Å². The fraction of sp³-hybridized carbons (Fsp3) is 0.929. The van der Waals surface area contributed by atoms with Crippen molar-refractivity contribution in [3.63, 3.8) is 0 Å². The van der Waals surface area contributed by atoms with Crippen LogP contribution in [0.1, 0.15) is 6.92 Å². The molecule has 9 atom stereocenters. The molecule has 2 aliphatic heterocycles. The maximum Gasteiger partial charge on any atom is 0.303 e. The highest BCUT2D eigenvalue weighted by Crippen LogP contribution is 2.37. The quantitative estimate of drug-likeness (QED) is 0.216. The summed E-state index contributed by atoms with van der Waals surface area (Å²) in [6.07, 6.45) is -12.6. The van der Waals surface area contributed by atoms with Crippen molar-refractivity contribution in [2.75, 3.05) is 19.8 Å². The zero-order valence-corrected chi connectivity index (χ0v) is 13.9. The Labute approximate surface area is 148 Å². The predicted molar refractivity (Wildman–Crippen MR) is 78.2 cm³/mol. The fourth-order valence-corrected chi connectivity index (χ4v) is 2.95. The standard InChI is InChI=1S/C14H24O12/c1-5(18)23-11-7(3-16)25-14(4-17,12(11)22)26-13-10(21)9(20)8(19)6(2-15)24-13/h6-13,15-17,19-22H,2-4H2,1H3/t6-,7-,8-,9+,10-,11-,12+,13-,14+/m1/s1. The molecule has 0 saturated carbocycles. The topological polar surface area (TPSA) is 196 Å². The van der Waals surface area contributed by atoms with Gasteiger partial charge in [-0.05, 0) is 0 Å². The Morgan fingerprint density at radius 1 is 1.00 bits per heavy atom. The molecule has 0 aromatic heterocycles. The van der Waals surface area contributed by atoms with Crippen LogP contribution in [0.5, 0.6) is 0 Å². The van der Waals surface area contributed by atoms with Crippen LogP contribution in [0.15, 0.2) is 0 Å². The van der Waals surface area contributed by atoms with Gasteiger partial charge in [0.15, 0.2) is 12.4 Å². The molecule has 0 aliphatic carbocycles. The number of aliphatic hydroxyl groups is 7. The van der Waals surface area contributed by atoms with Gasteiger partial charge in [-0.3, -0.25) is 4.79 Å². The van der Waals surface area contributed by atoms with Crippen molar-refractivity contribution in [3.05, 3.63) is 0 Å². The molecule has 0 amide bonds. The van der Waals surface area contributed by atoms with Gasteiger partial charge in [0.05, 0.1) is 13.2 Å². The normalized spacial score (nSPS) is 46.3. The van der Waals surface area contributed by atoms with Crippen molar-refractivity contribution in [2.24, 2.45) is 0 Å². The van der Waals surface area contributed by atoms with E-state index in [1.165, 1.54) is 0 Å². The Bertz CT molecular complexity index is 487. The number of hydrogen-bond acceptors (Lipinski definition) is 12. The lowest BCUT2D eigenvalue weighted by Crippen LogP contribution is -2.62. The Kier molecular flexibility index (Phi) is 6.90. The molecule has 7 N–H and O–H groups in total. The average Bonchev–Trinajstić information content (AvgIpc) is 2.87. The van der Waals surface area contributed by atoms with Crippen LogP contribution < -0.4 is 0 Å². The van der Waals surface area contributed by atoms with Crippen LogP contribution in [0.25, 0.3) is 0 Å². The van der Waals surface area contributed by atoms with Gasteiger partial charge in [-0.15, -0.1) is 0 Å². The monoisotopic (exact) mass is 384 g/mol. The summed E-state index contributed by atoms with van der Waals surface area (Å²) in [5.74, 6) is -3.04. The predicted octanol–water partition coefficient (Wildman–Crippen LogP) is -4.82. The van der Waals surface area contributed by atoms with E-state index in [-0.39, 0.29) is 0 Å². The summed E-state index contributed by atoms with van der Waals surface area (Å²) in [5.41, 5.74) is 0. The van der Waals surface area contributed by atoms with E-state index < -0.39 is 80.6 Å². The zero-order chi connectivity index (χ0) is 19.6. The minimum Gasteiger partial charge on any atom is -0.457 e. The molecule has 2 fully saturated rings. The lowest BCUT2D eigenvalue weighted by atomic mass is 9.99. The van der Waals surface area contributed by atoms with Crippen LogP contribution in [-0.2, 0) is 23.7 Å². The van der Waals surface area contributed by atoms with Gasteiger partial charge in [0.25, 0.3) is 0 Å². The van der Waals surface area contributed by atoms with Crippen LogP contribution in [0.4, 0.5) is 0 Å². The molecule has 0 aromatic rings. The van der Waals surface area contributed by atoms with Crippen molar-refractivity contribution in [1.29, 1.82) is 0 Å². The molecule has 2 rings (SSSR count). The number of rotatable bonds is 6. The molecule has 12 nitrogen and oxygen atoms in total. The molecule has 2 heterocycles. The summed E-state index contributed by atoms with van der Waals surface area (Å²) in [7, 11) is 0. The lowest BCUT2D eigenvalue weighted by molar-refractivity contribution is -0.383. The fourth-order valence-electron chi connectivity index (χ4n) is 2.95. The first-order chi connectivity index (χ1) is 12.2. The molecule has 12 heteroatoms. The zero-order valence-electron chi connectivity index (χ0n) is 13.9. The summed E-state index contributed by atoms with van der Waals surface area (Å²) in [5, 5.41) is 68.2. The highest BCUT2D eigenvalue weighted by Gasteiger charge is 2.60. The molecule has 26 heavy (non-hydrogen) atoms. The van der Waals surface area contributed by atoms with E-state index in [4.69, 9.17) is 18.9 Å². The van der Waals surface area contributed by atoms with Crippen LogP contribution in [0.3, 0.4) is 0 Å². The molecule has 0 unspecified atom stereocenters. The number of hydrogen-bond donors (Lipinski definition) is 7. The molecule has 2 aliphatic rings. The van der Waals surface area contributed by atoms with Crippen molar-refractivity contribution < 1.29 is 59.5 Å². The summed E-state index contributed by atoms with van der Waals surface area (Å²) in [4.78, 5) is 11.2. The molecular formula is C14H24O12. The highest BCUT2D eigenvalue weighted by atomic mass is 16.8. The third kappa shape index (κ3) is 3.84. The van der Waals surface area contributed by atoms with E-state index in [9.17, 15) is 40.5 Å². The second-order valence-electron chi connectivity index (χ2n) is 6.14. The van der Waals surface area contributed by atoms with Gasteiger partial charge in [-0.25, -0.2) is 0 Å². The van der Waals surface area contributed by atoms with Crippen LogP contribution in [0.2, 0.25) is 0 Å². The van der Waals surface area contributed by atoms with Crippen LogP contribution in [0, 0.1) is 0 Å². The van der Waals surface area contributed by atoms with Crippen LogP contribution in [-0.4, -0.2) is 116 Å². The SMILES string of the molecule is CC(=O)O[C@@H]1[C@@H](CO)O[C@@](CO)(O[C@H]2O[C@H](CO)[C@@H](O)[C@H](O)[C@H]2O)[C@H]1O. The minimum absolute atomic E-state index is 0.686. The molecule has 152 valence electrons. The first-order valence-corrected chi connectivity index (χ1v) is 7.94. The maximum atomic E-state index is 11.2. The summed E-state index contributed by atoms with van der Waals surface area (Å²) in [6, 6.07) is 0. The van der Waals surface area contributed by atoms with Crippen LogP contribution >= 0.6 is 0 Å². The largest absolute Gasteiger partial charge is 0.457 e. The van der Waals surface area contributed by atoms with Crippen molar-refractivity contribution in [1.82, 2.24) is 0 Å². The Morgan fingerprint density at radius 2 is 1.62 bits per heavy atom. The van der Waals surface area contributed by atoms with E-state index in [1.54, 1.807) is 0 Å². The van der Waals surface area contributed by atoms with Gasteiger partial charge >= 0.3 is 5.97 Å². The Morgan fingerprint density at radius 3 is 2.12 bits per heavy atom. The summed E-state index contributed by atoms with van der Waals surface area (Å²) in [6.45, 7) is -1.32. The first-order valence-electron chi connectivity index (χ1n) is 7.94. The van der Waals surface area contributed by atoms with E-state index >= 15 is 0 Å². The highest BCUT2D eigenvalue weighted by molar-refractivity contribution is 5.66. The number of ether oxygens (including phenoxy) is 4. The van der Waals surface area contributed by atoms with E-state index in [0.29, 0.717) is 0 Å². The number of carbonyl (C=O) groups excluding carboxylic acids is 1. The second kappa shape index (κ2) is 8.39. The third-order valence-electron chi connectivity index (χ3n) is 4.35. The molecule has 0 spiro atoms. The van der Waals surface area contributed by atoms with Crippen molar-refractivity contribution >= 4 is 5.97 Å². The molecule has 0 bridgehead atoms. The number of esters is 1. The van der Waals surface area contributed by atoms with E-state index in [2.05, 4.69) is 0 Å². The molecule has 2 saturated heterocycles. The lowest BCUT2D eigenvalue weighted by Gasteiger charge is -2.43. The third-order valence-corrected chi connectivity index (χ3v) is 4.35. The van der Waals surface area contributed by atoms with E-state index in [1.807, 2.05) is 0 Å². The van der Waals surface area contributed by atoms with E-state index in [0.717, 1.165) is 6.92 Å². The Hall–Kier alpha value is -0.930. The Balaban J connectivity index is 2.22. The average molecular weight is 384 g/mol. The maximum absolute atomic E-state index is 11.2. The van der Waals surface area contributed by atoms with Crippen molar-refractivity contribution in [3.8, 4) is 0 Å². The van der Waals surface area contributed by atoms with Gasteiger partial charge in [-0.2, -0.15) is 0 Å². The molecule has 0 aromatic carbocycles. The number of carbonyl (C=O) groups is 1. The number of aliphatic hydroxyl groups excluding tert-OH is 7. The second-order valence-corrected chi connectivity index (χ2v) is 6.14. The van der Waals surface area contributed by atoms with Gasteiger partial charge in [0.1, 0.15) is 43.2 Å². The molecular weight excluding hydrogens is 360 g/mol. The molecule has 0 radical (unpaired) electrons. The van der Waals surface area contributed by atoms with Crippen molar-refractivity contribution in [2.45, 2.75) is 61.7 Å². The summed E-state index contributed by atoms with van der Waals surface area (Å²) >= 11 is 0. The first kappa shape index (κ1) is 21.4.